The van der Waals surface area contributed by atoms with Crippen LogP contribution in [-0.2, 0) is 9.59 Å². The summed E-state index contributed by atoms with van der Waals surface area (Å²) in [6, 6.07) is 0.319. The lowest BCUT2D eigenvalue weighted by atomic mass is 10.1. The normalized spacial score (nSPS) is 21.4. The standard InChI is InChI=1S/C9H16N2O2/c1-3-4-7(2)11-5-8(12)10-9(13)6-11/h7H,3-6H2,1-2H3,(H,10,12,13). The monoisotopic (exact) mass is 184 g/mol. The fraction of sp³-hybridized carbons (Fsp3) is 0.778. The second-order valence-electron chi connectivity index (χ2n) is 3.51. The second kappa shape index (κ2) is 4.37. The van der Waals surface area contributed by atoms with Gasteiger partial charge in [0.2, 0.25) is 11.8 Å². The number of hydrogen-bond acceptors (Lipinski definition) is 3. The van der Waals surface area contributed by atoms with E-state index < -0.39 is 0 Å². The van der Waals surface area contributed by atoms with Crippen LogP contribution in [0.15, 0.2) is 0 Å². The molecule has 1 atom stereocenters. The maximum absolute atomic E-state index is 11.0. The number of nitrogens with zero attached hydrogens (tertiary/aromatic N) is 1. The van der Waals surface area contributed by atoms with Gasteiger partial charge in [-0.1, -0.05) is 13.3 Å². The Kier molecular flexibility index (Phi) is 3.42. The van der Waals surface area contributed by atoms with E-state index in [0.29, 0.717) is 19.1 Å². The Labute approximate surface area is 78.3 Å². The summed E-state index contributed by atoms with van der Waals surface area (Å²) < 4.78 is 0. The van der Waals surface area contributed by atoms with E-state index in [0.717, 1.165) is 12.8 Å². The first-order valence-corrected chi connectivity index (χ1v) is 4.70. The lowest BCUT2D eigenvalue weighted by Gasteiger charge is -2.30. The maximum Gasteiger partial charge on any atom is 0.240 e. The Bertz CT molecular complexity index is 200. The molecule has 1 saturated heterocycles. The number of imide groups is 1. The van der Waals surface area contributed by atoms with Gasteiger partial charge in [0.05, 0.1) is 13.1 Å². The molecule has 0 bridgehead atoms. The first kappa shape index (κ1) is 10.2. The minimum atomic E-state index is -0.181. The molecule has 0 aliphatic carbocycles. The van der Waals surface area contributed by atoms with Crippen LogP contribution < -0.4 is 5.32 Å². The van der Waals surface area contributed by atoms with Crippen LogP contribution in [0.5, 0.6) is 0 Å². The third kappa shape index (κ3) is 2.81. The molecule has 0 saturated carbocycles. The number of nitrogens with one attached hydrogen (secondary N) is 1. The summed E-state index contributed by atoms with van der Waals surface area (Å²) in [4.78, 5) is 24.0. The van der Waals surface area contributed by atoms with E-state index in [-0.39, 0.29) is 11.8 Å². The number of carbonyl (C=O) groups excluding carboxylic acids is 2. The molecule has 1 fully saturated rings. The fourth-order valence-corrected chi connectivity index (χ4v) is 1.57. The molecule has 1 rings (SSSR count). The Balaban J connectivity index is 2.49. The summed E-state index contributed by atoms with van der Waals surface area (Å²) in [5, 5.41) is 2.29. The van der Waals surface area contributed by atoms with E-state index in [4.69, 9.17) is 0 Å². The summed E-state index contributed by atoms with van der Waals surface area (Å²) in [5.41, 5.74) is 0. The van der Waals surface area contributed by atoms with Crippen molar-refractivity contribution < 1.29 is 9.59 Å². The minimum absolute atomic E-state index is 0.181. The number of rotatable bonds is 3. The highest BCUT2D eigenvalue weighted by molar-refractivity contribution is 5.99. The summed E-state index contributed by atoms with van der Waals surface area (Å²) in [5.74, 6) is -0.363. The van der Waals surface area contributed by atoms with Crippen molar-refractivity contribution in [2.75, 3.05) is 13.1 Å². The predicted octanol–water partition coefficient (Wildman–Crippen LogP) is 0.133. The second-order valence-corrected chi connectivity index (χ2v) is 3.51. The molecular formula is C9H16N2O2. The molecule has 13 heavy (non-hydrogen) atoms. The van der Waals surface area contributed by atoms with E-state index in [1.807, 2.05) is 4.90 Å². The molecule has 1 heterocycles. The van der Waals surface area contributed by atoms with Gasteiger partial charge in [0.15, 0.2) is 0 Å². The van der Waals surface area contributed by atoms with E-state index in [1.165, 1.54) is 0 Å². The van der Waals surface area contributed by atoms with Crippen LogP contribution in [0, 0.1) is 0 Å². The van der Waals surface area contributed by atoms with E-state index in [1.54, 1.807) is 0 Å². The van der Waals surface area contributed by atoms with Crippen LogP contribution in [0.2, 0.25) is 0 Å². The van der Waals surface area contributed by atoms with Crippen LogP contribution in [0.25, 0.3) is 0 Å². The van der Waals surface area contributed by atoms with Gasteiger partial charge in [-0.25, -0.2) is 0 Å². The molecule has 0 aromatic rings. The molecule has 2 amide bonds. The summed E-state index contributed by atoms with van der Waals surface area (Å²) >= 11 is 0. The van der Waals surface area contributed by atoms with Crippen LogP contribution in [0.3, 0.4) is 0 Å². The van der Waals surface area contributed by atoms with Gasteiger partial charge in [0.1, 0.15) is 0 Å². The first-order valence-electron chi connectivity index (χ1n) is 4.70. The first-order chi connectivity index (χ1) is 6.13. The lowest BCUT2D eigenvalue weighted by Crippen LogP contribution is -2.54. The predicted molar refractivity (Wildman–Crippen MR) is 49.1 cm³/mol. The molecule has 0 radical (unpaired) electrons. The van der Waals surface area contributed by atoms with Crippen molar-refractivity contribution in [3.05, 3.63) is 0 Å². The third-order valence-corrected chi connectivity index (χ3v) is 2.30. The van der Waals surface area contributed by atoms with E-state index in [9.17, 15) is 9.59 Å². The van der Waals surface area contributed by atoms with Gasteiger partial charge in [-0.05, 0) is 13.3 Å². The molecule has 74 valence electrons. The number of carbonyl (C=O) groups is 2. The van der Waals surface area contributed by atoms with E-state index >= 15 is 0 Å². The summed E-state index contributed by atoms with van der Waals surface area (Å²) in [6.07, 6.45) is 2.11. The van der Waals surface area contributed by atoms with Gasteiger partial charge >= 0.3 is 0 Å². The molecule has 0 aromatic heterocycles. The molecule has 1 aliphatic rings. The van der Waals surface area contributed by atoms with Gasteiger partial charge in [-0.2, -0.15) is 0 Å². The largest absolute Gasteiger partial charge is 0.294 e. The average molecular weight is 184 g/mol. The molecule has 4 nitrogen and oxygen atoms in total. The number of piperazine rings is 1. The van der Waals surface area contributed by atoms with Gasteiger partial charge < -0.3 is 0 Å². The quantitative estimate of drug-likeness (QED) is 0.634. The zero-order chi connectivity index (χ0) is 9.84. The molecule has 1 N–H and O–H groups in total. The smallest absolute Gasteiger partial charge is 0.240 e. The van der Waals surface area contributed by atoms with Gasteiger partial charge in [-0.3, -0.25) is 19.8 Å². The average Bonchev–Trinajstić information content (AvgIpc) is 2.03. The fourth-order valence-electron chi connectivity index (χ4n) is 1.57. The summed E-state index contributed by atoms with van der Waals surface area (Å²) in [7, 11) is 0. The summed E-state index contributed by atoms with van der Waals surface area (Å²) in [6.45, 7) is 4.86. The Morgan fingerprint density at radius 3 is 2.38 bits per heavy atom. The molecule has 0 spiro atoms. The highest BCUT2D eigenvalue weighted by Crippen LogP contribution is 2.07. The van der Waals surface area contributed by atoms with Gasteiger partial charge in [0.25, 0.3) is 0 Å². The van der Waals surface area contributed by atoms with Crippen LogP contribution in [0.1, 0.15) is 26.7 Å². The minimum Gasteiger partial charge on any atom is -0.294 e. The Morgan fingerprint density at radius 1 is 1.38 bits per heavy atom. The van der Waals surface area contributed by atoms with Crippen molar-refractivity contribution in [3.8, 4) is 0 Å². The van der Waals surface area contributed by atoms with Crippen molar-refractivity contribution in [2.24, 2.45) is 0 Å². The highest BCUT2D eigenvalue weighted by atomic mass is 16.2. The van der Waals surface area contributed by atoms with Crippen molar-refractivity contribution in [1.29, 1.82) is 0 Å². The van der Waals surface area contributed by atoms with Crippen LogP contribution in [0.4, 0.5) is 0 Å². The lowest BCUT2D eigenvalue weighted by molar-refractivity contribution is -0.137. The van der Waals surface area contributed by atoms with Crippen molar-refractivity contribution in [3.63, 3.8) is 0 Å². The van der Waals surface area contributed by atoms with Gasteiger partial charge in [0, 0.05) is 6.04 Å². The molecule has 1 aliphatic heterocycles. The zero-order valence-electron chi connectivity index (χ0n) is 8.17. The number of amides is 2. The highest BCUT2D eigenvalue weighted by Gasteiger charge is 2.25. The third-order valence-electron chi connectivity index (χ3n) is 2.30. The molecular weight excluding hydrogens is 168 g/mol. The Morgan fingerprint density at radius 2 is 1.92 bits per heavy atom. The van der Waals surface area contributed by atoms with Gasteiger partial charge in [-0.15, -0.1) is 0 Å². The molecule has 4 heteroatoms. The molecule has 0 aromatic carbocycles. The zero-order valence-corrected chi connectivity index (χ0v) is 8.17. The maximum atomic E-state index is 11.0. The topological polar surface area (TPSA) is 49.4 Å². The molecule has 1 unspecified atom stereocenters. The number of hydrogen-bond donors (Lipinski definition) is 1. The SMILES string of the molecule is CCCC(C)N1CC(=O)NC(=O)C1. The van der Waals surface area contributed by atoms with Crippen molar-refractivity contribution >= 4 is 11.8 Å². The van der Waals surface area contributed by atoms with Crippen LogP contribution >= 0.6 is 0 Å². The van der Waals surface area contributed by atoms with E-state index in [2.05, 4.69) is 19.2 Å². The van der Waals surface area contributed by atoms with Crippen LogP contribution in [-0.4, -0.2) is 35.8 Å². The van der Waals surface area contributed by atoms with Crippen molar-refractivity contribution in [1.82, 2.24) is 10.2 Å². The van der Waals surface area contributed by atoms with Crippen molar-refractivity contribution in [2.45, 2.75) is 32.7 Å². The Hall–Kier alpha value is -0.900.